The van der Waals surface area contributed by atoms with E-state index >= 15 is 0 Å². The summed E-state index contributed by atoms with van der Waals surface area (Å²) in [7, 11) is 0. The van der Waals surface area contributed by atoms with E-state index in [9.17, 15) is 10.1 Å². The number of H-pyrrole nitrogens is 1. The molecule has 0 spiro atoms. The Kier molecular flexibility index (Phi) is 5.72. The lowest BCUT2D eigenvalue weighted by Crippen LogP contribution is -2.16. The van der Waals surface area contributed by atoms with Crippen molar-refractivity contribution >= 4 is 12.2 Å². The van der Waals surface area contributed by atoms with Crippen LogP contribution in [0.25, 0.3) is 11.3 Å². The number of nitrogens with one attached hydrogen (secondary N) is 2. The zero-order valence-electron chi connectivity index (χ0n) is 14.4. The maximum absolute atomic E-state index is 12.2. The molecule has 0 radical (unpaired) electrons. The number of benzene rings is 2. The number of aromatic nitrogens is 2. The fourth-order valence-electron chi connectivity index (χ4n) is 2.50. The Morgan fingerprint density at radius 3 is 2.59 bits per heavy atom. The number of hydrogen-bond donors (Lipinski definition) is 3. The summed E-state index contributed by atoms with van der Waals surface area (Å²) in [4.78, 5) is 19.0. The predicted molar refractivity (Wildman–Crippen MR) is 103 cm³/mol. The maximum Gasteiger partial charge on any atom is 0.270 e. The molecule has 0 saturated carbocycles. The van der Waals surface area contributed by atoms with Crippen molar-refractivity contribution in [2.75, 3.05) is 12.0 Å². The SMILES string of the molecule is N#Cc1c(-c2ccccc2)nc(NN=Cc2ccc(CCO)cc2)[nH]c1=O. The average molecular weight is 359 g/mol. The first kappa shape index (κ1) is 18.0. The molecule has 0 atom stereocenters. The van der Waals surface area contributed by atoms with Crippen molar-refractivity contribution in [2.45, 2.75) is 6.42 Å². The van der Waals surface area contributed by atoms with Crippen LogP contribution in [0, 0.1) is 11.3 Å². The molecule has 7 nitrogen and oxygen atoms in total. The molecule has 1 heterocycles. The third kappa shape index (κ3) is 4.45. The van der Waals surface area contributed by atoms with Crippen LogP contribution in [-0.4, -0.2) is 27.9 Å². The minimum atomic E-state index is -0.530. The molecule has 0 amide bonds. The molecule has 7 heteroatoms. The number of nitrogens with zero attached hydrogens (tertiary/aromatic N) is 3. The molecule has 0 unspecified atom stereocenters. The molecule has 0 aliphatic heterocycles. The number of hydrogen-bond acceptors (Lipinski definition) is 6. The minimum absolute atomic E-state index is 0.0461. The quantitative estimate of drug-likeness (QED) is 0.461. The van der Waals surface area contributed by atoms with Crippen molar-refractivity contribution in [3.8, 4) is 17.3 Å². The summed E-state index contributed by atoms with van der Waals surface area (Å²) in [6.45, 7) is 0.108. The Labute approximate surface area is 155 Å². The van der Waals surface area contributed by atoms with Gasteiger partial charge in [0, 0.05) is 12.2 Å². The van der Waals surface area contributed by atoms with E-state index in [2.05, 4.69) is 20.5 Å². The van der Waals surface area contributed by atoms with E-state index in [0.717, 1.165) is 11.1 Å². The number of hydrazone groups is 1. The van der Waals surface area contributed by atoms with Gasteiger partial charge in [-0.2, -0.15) is 10.4 Å². The first-order valence-corrected chi connectivity index (χ1v) is 8.30. The Morgan fingerprint density at radius 2 is 1.93 bits per heavy atom. The van der Waals surface area contributed by atoms with Crippen molar-refractivity contribution in [1.29, 1.82) is 5.26 Å². The van der Waals surface area contributed by atoms with Gasteiger partial charge in [0.15, 0.2) is 0 Å². The average Bonchev–Trinajstić information content (AvgIpc) is 2.70. The Balaban J connectivity index is 1.82. The zero-order valence-corrected chi connectivity index (χ0v) is 14.4. The fourth-order valence-corrected chi connectivity index (χ4v) is 2.50. The zero-order chi connectivity index (χ0) is 19.1. The van der Waals surface area contributed by atoms with Crippen LogP contribution < -0.4 is 11.0 Å². The largest absolute Gasteiger partial charge is 0.396 e. The molecular weight excluding hydrogens is 342 g/mol. The van der Waals surface area contributed by atoms with Crippen LogP contribution in [0.1, 0.15) is 16.7 Å². The summed E-state index contributed by atoms with van der Waals surface area (Å²) in [5, 5.41) is 22.3. The van der Waals surface area contributed by atoms with Crippen molar-refractivity contribution in [1.82, 2.24) is 9.97 Å². The van der Waals surface area contributed by atoms with Crippen LogP contribution >= 0.6 is 0 Å². The Morgan fingerprint density at radius 1 is 1.19 bits per heavy atom. The molecule has 3 rings (SSSR count). The molecule has 0 saturated heterocycles. The number of aromatic amines is 1. The lowest BCUT2D eigenvalue weighted by molar-refractivity contribution is 0.299. The van der Waals surface area contributed by atoms with E-state index in [1.54, 1.807) is 18.3 Å². The monoisotopic (exact) mass is 359 g/mol. The molecule has 3 N–H and O–H groups in total. The highest BCUT2D eigenvalue weighted by atomic mass is 16.2. The van der Waals surface area contributed by atoms with Gasteiger partial charge in [0.2, 0.25) is 5.95 Å². The second-order valence-corrected chi connectivity index (χ2v) is 5.70. The minimum Gasteiger partial charge on any atom is -0.396 e. The van der Waals surface area contributed by atoms with Crippen molar-refractivity contribution in [3.63, 3.8) is 0 Å². The van der Waals surface area contributed by atoms with Crippen LogP contribution in [0.4, 0.5) is 5.95 Å². The smallest absolute Gasteiger partial charge is 0.270 e. The first-order valence-electron chi connectivity index (χ1n) is 8.30. The highest BCUT2D eigenvalue weighted by Crippen LogP contribution is 2.19. The highest BCUT2D eigenvalue weighted by molar-refractivity contribution is 5.80. The van der Waals surface area contributed by atoms with Gasteiger partial charge >= 0.3 is 0 Å². The fraction of sp³-hybridized carbons (Fsp3) is 0.100. The molecule has 27 heavy (non-hydrogen) atoms. The molecule has 134 valence electrons. The number of aliphatic hydroxyl groups excluding tert-OH is 1. The molecular formula is C20H17N5O2. The Hall–Kier alpha value is -3.76. The van der Waals surface area contributed by atoms with Crippen LogP contribution in [-0.2, 0) is 6.42 Å². The summed E-state index contributed by atoms with van der Waals surface area (Å²) in [5.74, 6) is 0.144. The van der Waals surface area contributed by atoms with E-state index < -0.39 is 5.56 Å². The van der Waals surface area contributed by atoms with Gasteiger partial charge in [-0.05, 0) is 17.5 Å². The number of nitriles is 1. The van der Waals surface area contributed by atoms with Gasteiger partial charge in [0.25, 0.3) is 5.56 Å². The highest BCUT2D eigenvalue weighted by Gasteiger charge is 2.12. The summed E-state index contributed by atoms with van der Waals surface area (Å²) in [6, 6.07) is 18.5. The second kappa shape index (κ2) is 8.56. The normalized spacial score (nSPS) is 10.7. The van der Waals surface area contributed by atoms with E-state index in [0.29, 0.717) is 17.7 Å². The van der Waals surface area contributed by atoms with Gasteiger partial charge in [-0.25, -0.2) is 10.4 Å². The second-order valence-electron chi connectivity index (χ2n) is 5.70. The molecule has 2 aromatic carbocycles. The van der Waals surface area contributed by atoms with E-state index in [1.165, 1.54) is 0 Å². The number of aliphatic hydroxyl groups is 1. The number of rotatable bonds is 6. The first-order chi connectivity index (χ1) is 13.2. The van der Waals surface area contributed by atoms with Crippen LogP contribution in [0.15, 0.2) is 64.5 Å². The Bertz CT molecular complexity index is 1030. The van der Waals surface area contributed by atoms with E-state index in [-0.39, 0.29) is 18.1 Å². The summed E-state index contributed by atoms with van der Waals surface area (Å²) in [5.41, 5.74) is 4.97. The van der Waals surface area contributed by atoms with E-state index in [1.807, 2.05) is 48.5 Å². The third-order valence-electron chi connectivity index (χ3n) is 3.84. The predicted octanol–water partition coefficient (Wildman–Crippen LogP) is 2.29. The van der Waals surface area contributed by atoms with E-state index in [4.69, 9.17) is 5.11 Å². The van der Waals surface area contributed by atoms with Crippen molar-refractivity contribution in [3.05, 3.63) is 81.6 Å². The van der Waals surface area contributed by atoms with Crippen LogP contribution in [0.2, 0.25) is 0 Å². The van der Waals surface area contributed by atoms with Gasteiger partial charge in [-0.3, -0.25) is 9.78 Å². The van der Waals surface area contributed by atoms with Crippen LogP contribution in [0.3, 0.4) is 0 Å². The standard InChI is InChI=1S/C20H17N5O2/c21-12-17-18(16-4-2-1-3-5-16)23-20(24-19(17)27)25-22-13-15-8-6-14(7-9-15)10-11-26/h1-9,13,26H,10-11H2,(H2,23,24,25,27). The lowest BCUT2D eigenvalue weighted by Gasteiger charge is -2.06. The van der Waals surface area contributed by atoms with Crippen LogP contribution in [0.5, 0.6) is 0 Å². The molecule has 0 fully saturated rings. The maximum atomic E-state index is 12.2. The van der Waals surface area contributed by atoms with Gasteiger partial charge in [-0.15, -0.1) is 0 Å². The molecule has 0 aliphatic rings. The van der Waals surface area contributed by atoms with Crippen molar-refractivity contribution in [2.24, 2.45) is 5.10 Å². The summed E-state index contributed by atoms with van der Waals surface area (Å²) in [6.07, 6.45) is 2.19. The third-order valence-corrected chi connectivity index (χ3v) is 3.84. The van der Waals surface area contributed by atoms with Gasteiger partial charge in [0.1, 0.15) is 11.6 Å². The topological polar surface area (TPSA) is 114 Å². The van der Waals surface area contributed by atoms with Gasteiger partial charge in [0.05, 0.1) is 11.9 Å². The molecule has 0 aliphatic carbocycles. The molecule has 1 aromatic heterocycles. The molecule has 0 bridgehead atoms. The number of anilines is 1. The lowest BCUT2D eigenvalue weighted by atomic mass is 10.1. The summed E-state index contributed by atoms with van der Waals surface area (Å²) >= 11 is 0. The summed E-state index contributed by atoms with van der Waals surface area (Å²) < 4.78 is 0. The van der Waals surface area contributed by atoms with Gasteiger partial charge < -0.3 is 5.11 Å². The molecule has 3 aromatic rings. The van der Waals surface area contributed by atoms with Gasteiger partial charge in [-0.1, -0.05) is 54.6 Å². The van der Waals surface area contributed by atoms with Crippen molar-refractivity contribution < 1.29 is 5.11 Å².